The van der Waals surface area contributed by atoms with Gasteiger partial charge in [-0.3, -0.25) is 4.79 Å². The zero-order chi connectivity index (χ0) is 15.8. The quantitative estimate of drug-likeness (QED) is 0.872. The van der Waals surface area contributed by atoms with Crippen LogP contribution in [0.1, 0.15) is 16.5 Å². The van der Waals surface area contributed by atoms with Crippen molar-refractivity contribution in [2.24, 2.45) is 11.8 Å². The predicted octanol–water partition coefficient (Wildman–Crippen LogP) is 2.54. The van der Waals surface area contributed by atoms with Crippen LogP contribution in [0.15, 0.2) is 35.7 Å². The second-order valence-electron chi connectivity index (χ2n) is 5.77. The molecule has 2 aliphatic heterocycles. The molecule has 3 heterocycles. The van der Waals surface area contributed by atoms with E-state index in [1.54, 1.807) is 0 Å². The molecule has 0 radical (unpaired) electrons. The van der Waals surface area contributed by atoms with Crippen LogP contribution >= 0.6 is 11.3 Å². The van der Waals surface area contributed by atoms with Crippen LogP contribution in [-0.4, -0.2) is 24.5 Å². The van der Waals surface area contributed by atoms with Gasteiger partial charge in [-0.15, -0.1) is 11.3 Å². The molecule has 0 spiro atoms. The number of rotatable bonds is 4. The van der Waals surface area contributed by atoms with Gasteiger partial charge in [0.15, 0.2) is 11.5 Å². The van der Waals surface area contributed by atoms with E-state index >= 15 is 0 Å². The molecule has 2 aliphatic rings. The molecular formula is C17H16O5S. The van der Waals surface area contributed by atoms with Crippen molar-refractivity contribution in [1.29, 1.82) is 0 Å². The Morgan fingerprint density at radius 1 is 1.22 bits per heavy atom. The van der Waals surface area contributed by atoms with Crippen molar-refractivity contribution < 1.29 is 24.1 Å². The predicted molar refractivity (Wildman–Crippen MR) is 83.5 cm³/mol. The van der Waals surface area contributed by atoms with Crippen molar-refractivity contribution in [2.45, 2.75) is 12.5 Å². The van der Waals surface area contributed by atoms with Crippen LogP contribution in [0.3, 0.4) is 0 Å². The zero-order valence-corrected chi connectivity index (χ0v) is 13.1. The van der Waals surface area contributed by atoms with Gasteiger partial charge in [0, 0.05) is 10.8 Å². The Morgan fingerprint density at radius 3 is 2.91 bits per heavy atom. The molecule has 0 unspecified atom stereocenters. The van der Waals surface area contributed by atoms with E-state index in [1.165, 1.54) is 11.3 Å². The molecule has 23 heavy (non-hydrogen) atoms. The third kappa shape index (κ3) is 2.68. The highest BCUT2D eigenvalue weighted by Crippen LogP contribution is 2.39. The summed E-state index contributed by atoms with van der Waals surface area (Å²) in [6, 6.07) is 9.49. The lowest BCUT2D eigenvalue weighted by molar-refractivity contribution is -0.144. The van der Waals surface area contributed by atoms with Crippen LogP contribution in [0.2, 0.25) is 0 Å². The first-order chi connectivity index (χ1) is 11.2. The molecule has 4 rings (SSSR count). The minimum atomic E-state index is -0.816. The van der Waals surface area contributed by atoms with E-state index < -0.39 is 12.0 Å². The van der Waals surface area contributed by atoms with Crippen molar-refractivity contribution in [3.05, 3.63) is 46.2 Å². The van der Waals surface area contributed by atoms with Gasteiger partial charge in [-0.05, 0) is 35.6 Å². The lowest BCUT2D eigenvalue weighted by Crippen LogP contribution is -2.25. The van der Waals surface area contributed by atoms with Crippen molar-refractivity contribution >= 4 is 17.3 Å². The number of esters is 1. The summed E-state index contributed by atoms with van der Waals surface area (Å²) in [4.78, 5) is 12.9. The van der Waals surface area contributed by atoms with Crippen LogP contribution in [0.25, 0.3) is 0 Å². The van der Waals surface area contributed by atoms with Gasteiger partial charge in [0.1, 0.15) is 6.10 Å². The summed E-state index contributed by atoms with van der Waals surface area (Å²) in [5.74, 6) is 0.557. The molecule has 5 nitrogen and oxygen atoms in total. The molecule has 0 aliphatic carbocycles. The fourth-order valence-electron chi connectivity index (χ4n) is 3.16. The Labute approximate surface area is 137 Å². The van der Waals surface area contributed by atoms with Gasteiger partial charge in [-0.1, -0.05) is 12.1 Å². The number of hydrogen-bond donors (Lipinski definition) is 1. The van der Waals surface area contributed by atoms with E-state index in [1.807, 2.05) is 35.7 Å². The van der Waals surface area contributed by atoms with Gasteiger partial charge in [0.05, 0.1) is 12.5 Å². The van der Waals surface area contributed by atoms with Crippen LogP contribution in [0.4, 0.5) is 0 Å². The van der Waals surface area contributed by atoms with Gasteiger partial charge in [0.2, 0.25) is 6.79 Å². The molecule has 2 aromatic rings. The van der Waals surface area contributed by atoms with Crippen molar-refractivity contribution in [3.8, 4) is 11.5 Å². The Hall–Kier alpha value is -2.05. The van der Waals surface area contributed by atoms with Gasteiger partial charge < -0.3 is 19.3 Å². The third-order valence-corrected chi connectivity index (χ3v) is 5.27. The smallest absolute Gasteiger partial charge is 0.312 e. The molecule has 6 heteroatoms. The number of benzene rings is 1. The minimum absolute atomic E-state index is 0.0556. The van der Waals surface area contributed by atoms with E-state index in [4.69, 9.17) is 14.2 Å². The van der Waals surface area contributed by atoms with Crippen molar-refractivity contribution in [2.75, 3.05) is 13.4 Å². The molecule has 3 atom stereocenters. The molecule has 1 aromatic carbocycles. The number of hydrogen-bond acceptors (Lipinski definition) is 6. The normalized spacial score (nSPS) is 23.8. The standard InChI is InChI=1S/C17H16O5S/c18-16(14-2-1-5-23-14)15-11(8-20-17(15)19)6-10-3-4-12-13(7-10)22-9-21-12/h1-5,7,11,15-16,18H,6,8-9H2/t11-,15-,16+/m0/s1. The molecule has 0 bridgehead atoms. The molecule has 1 fully saturated rings. The van der Waals surface area contributed by atoms with Crippen LogP contribution in [0.5, 0.6) is 11.5 Å². The summed E-state index contributed by atoms with van der Waals surface area (Å²) < 4.78 is 15.9. The molecule has 0 saturated carbocycles. The highest BCUT2D eigenvalue weighted by Gasteiger charge is 2.42. The van der Waals surface area contributed by atoms with Gasteiger partial charge in [-0.2, -0.15) is 0 Å². The average molecular weight is 332 g/mol. The average Bonchev–Trinajstić information content (AvgIpc) is 3.27. The molecule has 1 N–H and O–H groups in total. The fourth-order valence-corrected chi connectivity index (χ4v) is 3.92. The fraction of sp³-hybridized carbons (Fsp3) is 0.353. The number of cyclic esters (lactones) is 1. The minimum Gasteiger partial charge on any atom is -0.465 e. The summed E-state index contributed by atoms with van der Waals surface area (Å²) in [5.41, 5.74) is 1.04. The summed E-state index contributed by atoms with van der Waals surface area (Å²) >= 11 is 1.45. The topological polar surface area (TPSA) is 65.0 Å². The van der Waals surface area contributed by atoms with E-state index in [-0.39, 0.29) is 18.7 Å². The van der Waals surface area contributed by atoms with Crippen molar-refractivity contribution in [1.82, 2.24) is 0 Å². The highest BCUT2D eigenvalue weighted by molar-refractivity contribution is 7.10. The number of fused-ring (bicyclic) bond motifs is 1. The monoisotopic (exact) mass is 332 g/mol. The zero-order valence-electron chi connectivity index (χ0n) is 12.3. The maximum atomic E-state index is 12.1. The number of ether oxygens (including phenoxy) is 3. The lowest BCUT2D eigenvalue weighted by Gasteiger charge is -2.20. The van der Waals surface area contributed by atoms with Gasteiger partial charge in [0.25, 0.3) is 0 Å². The summed E-state index contributed by atoms with van der Waals surface area (Å²) in [6.07, 6.45) is -0.167. The largest absolute Gasteiger partial charge is 0.465 e. The Morgan fingerprint density at radius 2 is 2.09 bits per heavy atom. The first-order valence-electron chi connectivity index (χ1n) is 7.49. The highest BCUT2D eigenvalue weighted by atomic mass is 32.1. The number of aliphatic hydroxyl groups excluding tert-OH is 1. The summed E-state index contributed by atoms with van der Waals surface area (Å²) in [6.45, 7) is 0.573. The van der Waals surface area contributed by atoms with Crippen LogP contribution < -0.4 is 9.47 Å². The maximum absolute atomic E-state index is 12.1. The van der Waals surface area contributed by atoms with Crippen LogP contribution in [-0.2, 0) is 16.0 Å². The molecule has 1 saturated heterocycles. The second kappa shape index (κ2) is 5.86. The SMILES string of the molecule is O=C1OC[C@H](Cc2ccc3c(c2)OCO3)[C@H]1[C@H](O)c1cccs1. The van der Waals surface area contributed by atoms with Crippen molar-refractivity contribution in [3.63, 3.8) is 0 Å². The lowest BCUT2D eigenvalue weighted by atomic mass is 9.85. The first kappa shape index (κ1) is 14.5. The van der Waals surface area contributed by atoms with Gasteiger partial charge >= 0.3 is 5.97 Å². The first-order valence-corrected chi connectivity index (χ1v) is 8.37. The number of carbonyl (C=O) groups is 1. The Bertz CT molecular complexity index is 712. The molecular weight excluding hydrogens is 316 g/mol. The summed E-state index contributed by atoms with van der Waals surface area (Å²) in [7, 11) is 0. The number of thiophene rings is 1. The molecule has 0 amide bonds. The van der Waals surface area contributed by atoms with Gasteiger partial charge in [-0.25, -0.2) is 0 Å². The van der Waals surface area contributed by atoms with E-state index in [0.29, 0.717) is 13.0 Å². The van der Waals surface area contributed by atoms with E-state index in [9.17, 15) is 9.90 Å². The van der Waals surface area contributed by atoms with E-state index in [2.05, 4.69) is 0 Å². The molecule has 120 valence electrons. The van der Waals surface area contributed by atoms with E-state index in [0.717, 1.165) is 21.9 Å². The summed E-state index contributed by atoms with van der Waals surface area (Å²) in [5, 5.41) is 12.4. The van der Waals surface area contributed by atoms with Crippen LogP contribution in [0, 0.1) is 11.8 Å². The number of aliphatic hydroxyl groups is 1. The Balaban J connectivity index is 1.54. The molecule has 1 aromatic heterocycles. The number of carbonyl (C=O) groups excluding carboxylic acids is 1. The maximum Gasteiger partial charge on any atom is 0.312 e. The Kier molecular flexibility index (Phi) is 3.71. The second-order valence-corrected chi connectivity index (χ2v) is 6.75. The third-order valence-electron chi connectivity index (χ3n) is 4.33.